The number of nitrogens with zero attached hydrogens (tertiary/aromatic N) is 1. The SMILES string of the molecule is CCC(C)(C)N(C(=O)CNC(=O)OC(C)(C)C)C(C(=O)NC(Cc1ccccc1)C(=O)OC(C)(C)C)c1cccc(O)c1. The Morgan fingerprint density at radius 2 is 1.47 bits per heavy atom. The molecule has 0 aliphatic carbocycles. The number of amides is 3. The highest BCUT2D eigenvalue weighted by atomic mass is 16.6. The van der Waals surface area contributed by atoms with Crippen molar-refractivity contribution in [2.75, 3.05) is 6.54 Å². The first-order valence-corrected chi connectivity index (χ1v) is 14.5. The van der Waals surface area contributed by atoms with Crippen LogP contribution < -0.4 is 10.6 Å². The van der Waals surface area contributed by atoms with E-state index in [4.69, 9.17) is 9.47 Å². The van der Waals surface area contributed by atoms with Gasteiger partial charge in [-0.05, 0) is 85.1 Å². The van der Waals surface area contributed by atoms with Gasteiger partial charge >= 0.3 is 12.1 Å². The Hall–Kier alpha value is -4.08. The van der Waals surface area contributed by atoms with Crippen molar-refractivity contribution in [2.45, 2.75) is 104 Å². The highest BCUT2D eigenvalue weighted by molar-refractivity contribution is 5.93. The van der Waals surface area contributed by atoms with Crippen LogP contribution >= 0.6 is 0 Å². The number of carbonyl (C=O) groups is 4. The lowest BCUT2D eigenvalue weighted by molar-refractivity contribution is -0.159. The number of hydrogen-bond donors (Lipinski definition) is 3. The van der Waals surface area contributed by atoms with Crippen LogP contribution in [0.3, 0.4) is 0 Å². The van der Waals surface area contributed by atoms with Crippen LogP contribution in [-0.2, 0) is 30.3 Å². The summed E-state index contributed by atoms with van der Waals surface area (Å²) in [5, 5.41) is 15.6. The van der Waals surface area contributed by atoms with Crippen molar-refractivity contribution >= 4 is 23.9 Å². The summed E-state index contributed by atoms with van der Waals surface area (Å²) in [5.74, 6) is -1.93. The Morgan fingerprint density at radius 1 is 0.860 bits per heavy atom. The third-order valence-corrected chi connectivity index (χ3v) is 6.55. The zero-order chi connectivity index (χ0) is 32.6. The van der Waals surface area contributed by atoms with E-state index >= 15 is 0 Å². The fourth-order valence-electron chi connectivity index (χ4n) is 4.33. The molecule has 0 aromatic heterocycles. The second kappa shape index (κ2) is 14.4. The van der Waals surface area contributed by atoms with Crippen molar-refractivity contribution < 1.29 is 33.8 Å². The van der Waals surface area contributed by atoms with Gasteiger partial charge in [-0.3, -0.25) is 9.59 Å². The second-order valence-electron chi connectivity index (χ2n) is 13.1. The van der Waals surface area contributed by atoms with Gasteiger partial charge in [-0.1, -0.05) is 49.4 Å². The molecule has 0 aliphatic rings. The van der Waals surface area contributed by atoms with E-state index in [-0.39, 0.29) is 12.2 Å². The van der Waals surface area contributed by atoms with Crippen LogP contribution in [0.15, 0.2) is 54.6 Å². The predicted molar refractivity (Wildman–Crippen MR) is 164 cm³/mol. The van der Waals surface area contributed by atoms with Gasteiger partial charge < -0.3 is 30.1 Å². The molecule has 0 fully saturated rings. The van der Waals surface area contributed by atoms with Crippen LogP contribution in [-0.4, -0.2) is 63.2 Å². The monoisotopic (exact) mass is 597 g/mol. The van der Waals surface area contributed by atoms with E-state index in [1.54, 1.807) is 67.5 Å². The number of nitrogens with one attached hydrogen (secondary N) is 2. The molecule has 0 saturated carbocycles. The molecule has 0 radical (unpaired) electrons. The molecule has 2 rings (SSSR count). The third-order valence-electron chi connectivity index (χ3n) is 6.55. The summed E-state index contributed by atoms with van der Waals surface area (Å²) in [4.78, 5) is 55.2. The average Bonchev–Trinajstić information content (AvgIpc) is 2.88. The molecule has 0 aliphatic heterocycles. The van der Waals surface area contributed by atoms with Gasteiger partial charge in [-0.25, -0.2) is 9.59 Å². The molecule has 236 valence electrons. The van der Waals surface area contributed by atoms with Crippen molar-refractivity contribution in [3.63, 3.8) is 0 Å². The van der Waals surface area contributed by atoms with Crippen molar-refractivity contribution in [3.05, 3.63) is 65.7 Å². The Balaban J connectivity index is 2.55. The summed E-state index contributed by atoms with van der Waals surface area (Å²) in [7, 11) is 0. The molecule has 0 spiro atoms. The maximum atomic E-state index is 14.3. The Morgan fingerprint density at radius 3 is 2.00 bits per heavy atom. The summed E-state index contributed by atoms with van der Waals surface area (Å²) < 4.78 is 10.9. The van der Waals surface area contributed by atoms with Gasteiger partial charge in [0.25, 0.3) is 0 Å². The van der Waals surface area contributed by atoms with Gasteiger partial charge in [0.1, 0.15) is 35.6 Å². The van der Waals surface area contributed by atoms with Gasteiger partial charge in [-0.15, -0.1) is 0 Å². The van der Waals surface area contributed by atoms with Crippen LogP contribution in [0.2, 0.25) is 0 Å². The number of benzene rings is 2. The lowest BCUT2D eigenvalue weighted by atomic mass is 9.92. The number of phenols is 1. The van der Waals surface area contributed by atoms with E-state index in [2.05, 4.69) is 10.6 Å². The Labute approximate surface area is 255 Å². The number of phenolic OH excluding ortho intramolecular Hbond substituents is 1. The fourth-order valence-corrected chi connectivity index (χ4v) is 4.33. The minimum Gasteiger partial charge on any atom is -0.508 e. The normalized spacial score (nSPS) is 13.3. The van der Waals surface area contributed by atoms with Crippen molar-refractivity contribution in [1.82, 2.24) is 15.5 Å². The average molecular weight is 598 g/mol. The van der Waals surface area contributed by atoms with Crippen molar-refractivity contribution in [3.8, 4) is 5.75 Å². The summed E-state index contributed by atoms with van der Waals surface area (Å²) in [6, 6.07) is 12.9. The molecular formula is C33H47N3O7. The third kappa shape index (κ3) is 11.3. The number of alkyl carbamates (subject to hydrolysis) is 1. The first kappa shape index (κ1) is 35.1. The number of esters is 1. The minimum absolute atomic E-state index is 0.100. The molecular weight excluding hydrogens is 550 g/mol. The first-order valence-electron chi connectivity index (χ1n) is 14.5. The number of hydrogen-bond acceptors (Lipinski definition) is 7. The highest BCUT2D eigenvalue weighted by Gasteiger charge is 2.41. The van der Waals surface area contributed by atoms with E-state index in [0.717, 1.165) is 5.56 Å². The Bertz CT molecular complexity index is 1260. The quantitative estimate of drug-likeness (QED) is 0.309. The van der Waals surface area contributed by atoms with Gasteiger partial charge in [0.15, 0.2) is 0 Å². The van der Waals surface area contributed by atoms with Gasteiger partial charge in [-0.2, -0.15) is 0 Å². The van der Waals surface area contributed by atoms with Crippen LogP contribution in [0.25, 0.3) is 0 Å². The van der Waals surface area contributed by atoms with E-state index in [0.29, 0.717) is 12.0 Å². The van der Waals surface area contributed by atoms with Crippen LogP contribution in [0, 0.1) is 0 Å². The largest absolute Gasteiger partial charge is 0.508 e. The van der Waals surface area contributed by atoms with E-state index < -0.39 is 59.2 Å². The van der Waals surface area contributed by atoms with E-state index in [1.807, 2.05) is 37.3 Å². The maximum absolute atomic E-state index is 14.3. The van der Waals surface area contributed by atoms with Crippen molar-refractivity contribution in [1.29, 1.82) is 0 Å². The lowest BCUT2D eigenvalue weighted by Gasteiger charge is -2.43. The number of aromatic hydroxyl groups is 1. The first-order chi connectivity index (χ1) is 19.8. The van der Waals surface area contributed by atoms with Crippen molar-refractivity contribution in [2.24, 2.45) is 0 Å². The molecule has 2 aromatic carbocycles. The molecule has 2 unspecified atom stereocenters. The lowest BCUT2D eigenvalue weighted by Crippen LogP contribution is -2.57. The molecule has 2 aromatic rings. The summed E-state index contributed by atoms with van der Waals surface area (Å²) in [6.45, 7) is 15.4. The zero-order valence-corrected chi connectivity index (χ0v) is 26.8. The maximum Gasteiger partial charge on any atom is 0.408 e. The number of rotatable bonds is 11. The molecule has 10 heteroatoms. The molecule has 0 saturated heterocycles. The second-order valence-corrected chi connectivity index (χ2v) is 13.1. The predicted octanol–water partition coefficient (Wildman–Crippen LogP) is 5.04. The number of carbonyl (C=O) groups excluding carboxylic acids is 4. The smallest absolute Gasteiger partial charge is 0.408 e. The summed E-state index contributed by atoms with van der Waals surface area (Å²) in [5.41, 5.74) is -1.33. The summed E-state index contributed by atoms with van der Waals surface area (Å²) in [6.07, 6.45) is -0.173. The van der Waals surface area contributed by atoms with E-state index in [1.165, 1.54) is 17.0 Å². The molecule has 3 N–H and O–H groups in total. The highest BCUT2D eigenvalue weighted by Crippen LogP contribution is 2.33. The molecule has 0 heterocycles. The zero-order valence-electron chi connectivity index (χ0n) is 26.8. The molecule has 0 bridgehead atoms. The van der Waals surface area contributed by atoms with Crippen LogP contribution in [0.5, 0.6) is 5.75 Å². The molecule has 3 amide bonds. The minimum atomic E-state index is -1.27. The van der Waals surface area contributed by atoms with E-state index in [9.17, 15) is 24.3 Å². The van der Waals surface area contributed by atoms with Crippen LogP contribution in [0.1, 0.15) is 85.9 Å². The van der Waals surface area contributed by atoms with Gasteiger partial charge in [0, 0.05) is 12.0 Å². The number of ether oxygens (including phenoxy) is 2. The molecule has 2 atom stereocenters. The topological polar surface area (TPSA) is 134 Å². The standard InChI is InChI=1S/C33H47N3O7/c1-10-33(8,9)36(26(38)21-34-30(41)43-32(5,6)7)27(23-17-14-18-24(37)20-23)28(39)35-25(29(40)42-31(2,3)4)19-22-15-12-11-13-16-22/h11-18,20,25,27,37H,10,19,21H2,1-9H3,(H,34,41)(H,35,39). The molecule has 43 heavy (non-hydrogen) atoms. The molecule has 10 nitrogen and oxygen atoms in total. The van der Waals surface area contributed by atoms with Crippen LogP contribution in [0.4, 0.5) is 4.79 Å². The summed E-state index contributed by atoms with van der Waals surface area (Å²) >= 11 is 0. The fraction of sp³-hybridized carbons (Fsp3) is 0.515. The Kier molecular flexibility index (Phi) is 11.8. The van der Waals surface area contributed by atoms with Gasteiger partial charge in [0.2, 0.25) is 11.8 Å². The van der Waals surface area contributed by atoms with Gasteiger partial charge in [0.05, 0.1) is 0 Å².